The molecule has 1 aromatic rings. The zero-order chi connectivity index (χ0) is 20.8. The van der Waals surface area contributed by atoms with Crippen molar-refractivity contribution >= 4 is 17.7 Å². The SMILES string of the molecule is CCOC(=O)NC1CCN(CC(O)COc2ccc(O)c3c2CCC(=O)N3)CC1. The number of fused-ring (bicyclic) bond motifs is 1. The zero-order valence-corrected chi connectivity index (χ0v) is 16.6. The minimum atomic E-state index is -0.674. The Labute approximate surface area is 170 Å². The first kappa shape index (κ1) is 21.2. The molecule has 1 fully saturated rings. The molecule has 2 heterocycles. The van der Waals surface area contributed by atoms with Crippen molar-refractivity contribution in [1.29, 1.82) is 0 Å². The van der Waals surface area contributed by atoms with Gasteiger partial charge in [0.2, 0.25) is 5.91 Å². The predicted octanol–water partition coefficient (Wildman–Crippen LogP) is 1.23. The Morgan fingerprint density at radius 1 is 1.34 bits per heavy atom. The second-order valence-corrected chi connectivity index (χ2v) is 7.39. The van der Waals surface area contributed by atoms with Crippen molar-refractivity contribution in [2.24, 2.45) is 0 Å². The second kappa shape index (κ2) is 9.80. The number of likely N-dealkylation sites (tertiary alicyclic amines) is 1. The van der Waals surface area contributed by atoms with Gasteiger partial charge in [0, 0.05) is 37.7 Å². The molecule has 29 heavy (non-hydrogen) atoms. The molecular formula is C20H29N3O6. The van der Waals surface area contributed by atoms with Crippen molar-refractivity contribution in [3.63, 3.8) is 0 Å². The lowest BCUT2D eigenvalue weighted by atomic mass is 10.0. The number of carbonyl (C=O) groups is 2. The van der Waals surface area contributed by atoms with Crippen LogP contribution in [0.5, 0.6) is 11.5 Å². The van der Waals surface area contributed by atoms with E-state index in [9.17, 15) is 19.8 Å². The van der Waals surface area contributed by atoms with Gasteiger partial charge in [-0.2, -0.15) is 0 Å². The number of nitrogens with one attached hydrogen (secondary N) is 2. The number of aromatic hydroxyl groups is 1. The molecule has 1 atom stereocenters. The van der Waals surface area contributed by atoms with Crippen LogP contribution >= 0.6 is 0 Å². The van der Waals surface area contributed by atoms with Crippen LogP contribution < -0.4 is 15.4 Å². The Hall–Kier alpha value is -2.52. The van der Waals surface area contributed by atoms with E-state index < -0.39 is 6.10 Å². The molecule has 3 rings (SSSR count). The zero-order valence-electron chi connectivity index (χ0n) is 16.6. The fourth-order valence-corrected chi connectivity index (χ4v) is 3.72. The van der Waals surface area contributed by atoms with Crippen LogP contribution in [0.15, 0.2) is 12.1 Å². The molecular weight excluding hydrogens is 378 g/mol. The minimum Gasteiger partial charge on any atom is -0.506 e. The Balaban J connectivity index is 1.44. The average Bonchev–Trinajstić information content (AvgIpc) is 2.69. The summed E-state index contributed by atoms with van der Waals surface area (Å²) in [6.45, 7) is 4.27. The molecule has 9 nitrogen and oxygen atoms in total. The number of phenolic OH excluding ortho intramolecular Hbond substituents is 1. The van der Waals surface area contributed by atoms with Crippen LogP contribution in [0.25, 0.3) is 0 Å². The van der Waals surface area contributed by atoms with Crippen molar-refractivity contribution in [2.45, 2.75) is 44.8 Å². The van der Waals surface area contributed by atoms with Crippen LogP contribution in [0.4, 0.5) is 10.5 Å². The highest BCUT2D eigenvalue weighted by molar-refractivity contribution is 5.96. The van der Waals surface area contributed by atoms with Crippen molar-refractivity contribution < 1.29 is 29.3 Å². The number of β-amino-alcohol motifs (C(OH)–C–C–N with tert-alkyl or cyclic N) is 1. The molecule has 160 valence electrons. The van der Waals surface area contributed by atoms with Crippen molar-refractivity contribution in [3.8, 4) is 11.5 Å². The maximum absolute atomic E-state index is 11.6. The van der Waals surface area contributed by atoms with E-state index in [0.29, 0.717) is 37.4 Å². The number of phenols is 1. The first-order chi connectivity index (χ1) is 14.0. The van der Waals surface area contributed by atoms with Gasteiger partial charge in [-0.3, -0.25) is 4.79 Å². The third-order valence-electron chi connectivity index (χ3n) is 5.20. The van der Waals surface area contributed by atoms with E-state index in [2.05, 4.69) is 15.5 Å². The van der Waals surface area contributed by atoms with Crippen LogP contribution in [0.2, 0.25) is 0 Å². The first-order valence-electron chi connectivity index (χ1n) is 10.1. The lowest BCUT2D eigenvalue weighted by Crippen LogP contribution is -2.47. The monoisotopic (exact) mass is 407 g/mol. The fraction of sp³-hybridized carbons (Fsp3) is 0.600. The van der Waals surface area contributed by atoms with Crippen LogP contribution in [0, 0.1) is 0 Å². The maximum Gasteiger partial charge on any atom is 0.407 e. The lowest BCUT2D eigenvalue weighted by Gasteiger charge is -2.33. The van der Waals surface area contributed by atoms with Gasteiger partial charge in [-0.1, -0.05) is 0 Å². The quantitative estimate of drug-likeness (QED) is 0.502. The third-order valence-corrected chi connectivity index (χ3v) is 5.20. The second-order valence-electron chi connectivity index (χ2n) is 7.39. The topological polar surface area (TPSA) is 120 Å². The van der Waals surface area contributed by atoms with E-state index in [4.69, 9.17) is 9.47 Å². The van der Waals surface area contributed by atoms with E-state index in [0.717, 1.165) is 31.5 Å². The highest BCUT2D eigenvalue weighted by atomic mass is 16.5. The van der Waals surface area contributed by atoms with Gasteiger partial charge in [0.05, 0.1) is 12.3 Å². The molecule has 0 aromatic heterocycles. The number of rotatable bonds is 7. The summed E-state index contributed by atoms with van der Waals surface area (Å²) in [5.41, 5.74) is 1.15. The van der Waals surface area contributed by atoms with Crippen molar-refractivity contribution in [2.75, 3.05) is 38.2 Å². The molecule has 0 aliphatic carbocycles. The van der Waals surface area contributed by atoms with Gasteiger partial charge in [0.15, 0.2) is 0 Å². The lowest BCUT2D eigenvalue weighted by molar-refractivity contribution is -0.116. The molecule has 1 aromatic carbocycles. The number of ether oxygens (including phenoxy) is 2. The molecule has 2 aliphatic heterocycles. The first-order valence-corrected chi connectivity index (χ1v) is 10.1. The predicted molar refractivity (Wildman–Crippen MR) is 106 cm³/mol. The van der Waals surface area contributed by atoms with Gasteiger partial charge < -0.3 is 35.2 Å². The Morgan fingerprint density at radius 2 is 2.10 bits per heavy atom. The summed E-state index contributed by atoms with van der Waals surface area (Å²) in [5.74, 6) is 0.445. The largest absolute Gasteiger partial charge is 0.506 e. The summed E-state index contributed by atoms with van der Waals surface area (Å²) in [6, 6.07) is 3.23. The number of hydrogen-bond donors (Lipinski definition) is 4. The summed E-state index contributed by atoms with van der Waals surface area (Å²) in [4.78, 5) is 25.2. The summed E-state index contributed by atoms with van der Waals surface area (Å²) >= 11 is 0. The number of piperidine rings is 1. The molecule has 0 saturated carbocycles. The van der Waals surface area contributed by atoms with Gasteiger partial charge in [0.25, 0.3) is 0 Å². The standard InChI is InChI=1S/C20H29N3O6/c1-2-28-20(27)21-13-7-9-23(10-8-13)11-14(24)12-29-17-5-4-16(25)19-15(17)3-6-18(26)22-19/h4-5,13-14,24-25H,2-3,6-12H2,1H3,(H,21,27)(H,22,26). The number of aliphatic hydroxyl groups is 1. The van der Waals surface area contributed by atoms with Crippen LogP contribution in [-0.4, -0.2) is 72.1 Å². The average molecular weight is 407 g/mol. The molecule has 4 N–H and O–H groups in total. The normalized spacial score (nSPS) is 18.5. The molecule has 1 unspecified atom stereocenters. The van der Waals surface area contributed by atoms with Crippen molar-refractivity contribution in [1.82, 2.24) is 10.2 Å². The van der Waals surface area contributed by atoms with E-state index >= 15 is 0 Å². The number of amides is 2. The maximum atomic E-state index is 11.6. The van der Waals surface area contributed by atoms with E-state index in [1.807, 2.05) is 0 Å². The third kappa shape index (κ3) is 5.74. The molecule has 2 amide bonds. The number of nitrogens with zero attached hydrogens (tertiary/aromatic N) is 1. The molecule has 0 spiro atoms. The minimum absolute atomic E-state index is 0.0141. The number of alkyl carbamates (subject to hydrolysis) is 1. The van der Waals surface area contributed by atoms with E-state index in [1.165, 1.54) is 6.07 Å². The Kier molecular flexibility index (Phi) is 7.16. The van der Waals surface area contributed by atoms with Gasteiger partial charge in [-0.25, -0.2) is 4.79 Å². The smallest absolute Gasteiger partial charge is 0.407 e. The highest BCUT2D eigenvalue weighted by Gasteiger charge is 2.24. The Bertz CT molecular complexity index is 733. The molecule has 1 saturated heterocycles. The van der Waals surface area contributed by atoms with Crippen LogP contribution in [0.1, 0.15) is 31.7 Å². The van der Waals surface area contributed by atoms with E-state index in [1.54, 1.807) is 13.0 Å². The summed E-state index contributed by atoms with van der Waals surface area (Å²) in [5, 5.41) is 25.8. The highest BCUT2D eigenvalue weighted by Crippen LogP contribution is 2.38. The van der Waals surface area contributed by atoms with Gasteiger partial charge >= 0.3 is 6.09 Å². The molecule has 2 aliphatic rings. The van der Waals surface area contributed by atoms with Crippen LogP contribution in [-0.2, 0) is 16.0 Å². The molecule has 0 radical (unpaired) electrons. The summed E-state index contributed by atoms with van der Waals surface area (Å²) in [6.07, 6.45) is 1.38. The van der Waals surface area contributed by atoms with Gasteiger partial charge in [0.1, 0.15) is 24.2 Å². The molecule has 9 heteroatoms. The van der Waals surface area contributed by atoms with E-state index in [-0.39, 0.29) is 30.4 Å². The van der Waals surface area contributed by atoms with Gasteiger partial charge in [-0.15, -0.1) is 0 Å². The number of hydrogen-bond acceptors (Lipinski definition) is 7. The summed E-state index contributed by atoms with van der Waals surface area (Å²) in [7, 11) is 0. The molecule has 0 bridgehead atoms. The Morgan fingerprint density at radius 3 is 2.83 bits per heavy atom. The number of anilines is 1. The summed E-state index contributed by atoms with van der Waals surface area (Å²) < 4.78 is 10.7. The number of benzene rings is 1. The fourth-order valence-electron chi connectivity index (χ4n) is 3.72. The number of aliphatic hydroxyl groups excluding tert-OH is 1. The van der Waals surface area contributed by atoms with Crippen molar-refractivity contribution in [3.05, 3.63) is 17.7 Å². The van der Waals surface area contributed by atoms with Gasteiger partial charge in [-0.05, 0) is 38.3 Å². The number of carbonyl (C=O) groups excluding carboxylic acids is 2. The van der Waals surface area contributed by atoms with Crippen LogP contribution in [0.3, 0.4) is 0 Å².